The van der Waals surface area contributed by atoms with Crippen LogP contribution in [0.5, 0.6) is 0 Å². The van der Waals surface area contributed by atoms with Crippen LogP contribution in [0.3, 0.4) is 0 Å². The Morgan fingerprint density at radius 2 is 1.53 bits per heavy atom. The highest BCUT2D eigenvalue weighted by atomic mass is 14.6. The molecule has 1 aromatic carbocycles. The van der Waals surface area contributed by atoms with Gasteiger partial charge in [-0.15, -0.1) is 0 Å². The Morgan fingerprint density at radius 3 is 2.05 bits per heavy atom. The lowest BCUT2D eigenvalue weighted by Gasteiger charge is -2.53. The van der Waals surface area contributed by atoms with Gasteiger partial charge in [0.05, 0.1) is 11.5 Å². The van der Waals surface area contributed by atoms with Crippen LogP contribution in [0.2, 0.25) is 0 Å². The van der Waals surface area contributed by atoms with Crippen LogP contribution < -0.4 is 5.73 Å². The van der Waals surface area contributed by atoms with Gasteiger partial charge < -0.3 is 5.73 Å². The molecule has 3 rings (SSSR count). The Bertz CT molecular complexity index is 479. The maximum atomic E-state index is 9.66. The van der Waals surface area contributed by atoms with Crippen molar-refractivity contribution in [2.24, 2.45) is 5.41 Å². The third kappa shape index (κ3) is 2.12. The minimum atomic E-state index is -0.238. The molecule has 0 aromatic heterocycles. The van der Waals surface area contributed by atoms with Crippen molar-refractivity contribution in [2.45, 2.75) is 56.8 Å². The van der Waals surface area contributed by atoms with Crippen LogP contribution in [0.4, 0.5) is 5.69 Å². The fraction of sp³-hybridized carbons (Fsp3) is 0.588. The summed E-state index contributed by atoms with van der Waals surface area (Å²) in [7, 11) is 0. The van der Waals surface area contributed by atoms with Crippen molar-refractivity contribution in [3.8, 4) is 6.07 Å². The average Bonchev–Trinajstić information content (AvgIpc) is 2.63. The van der Waals surface area contributed by atoms with Gasteiger partial charge in [0.15, 0.2) is 0 Å². The van der Waals surface area contributed by atoms with E-state index in [9.17, 15) is 5.26 Å². The highest BCUT2D eigenvalue weighted by Gasteiger charge is 2.55. The van der Waals surface area contributed by atoms with Gasteiger partial charge >= 0.3 is 0 Å². The van der Waals surface area contributed by atoms with E-state index in [4.69, 9.17) is 5.73 Å². The smallest absolute Gasteiger partial charge is 0.0833 e. The molecule has 19 heavy (non-hydrogen) atoms. The number of anilines is 1. The lowest BCUT2D eigenvalue weighted by Crippen LogP contribution is -2.48. The summed E-state index contributed by atoms with van der Waals surface area (Å²) in [5.41, 5.74) is 7.92. The van der Waals surface area contributed by atoms with Gasteiger partial charge in [-0.3, -0.25) is 0 Å². The molecule has 0 heterocycles. The van der Waals surface area contributed by atoms with Crippen molar-refractivity contribution in [2.75, 3.05) is 5.73 Å². The van der Waals surface area contributed by atoms with E-state index in [0.717, 1.165) is 18.5 Å². The molecular weight excluding hydrogens is 232 g/mol. The van der Waals surface area contributed by atoms with Crippen molar-refractivity contribution in [3.05, 3.63) is 29.8 Å². The molecule has 2 heteroatoms. The molecule has 1 spiro atoms. The van der Waals surface area contributed by atoms with Gasteiger partial charge in [0.1, 0.15) is 0 Å². The highest BCUT2D eigenvalue weighted by Crippen LogP contribution is 2.61. The second-order valence-electron chi connectivity index (χ2n) is 6.58. The molecule has 2 saturated carbocycles. The van der Waals surface area contributed by atoms with Gasteiger partial charge in [-0.2, -0.15) is 5.26 Å². The van der Waals surface area contributed by atoms with E-state index in [2.05, 4.69) is 6.07 Å². The molecule has 100 valence electrons. The lowest BCUT2D eigenvalue weighted by atomic mass is 9.49. The summed E-state index contributed by atoms with van der Waals surface area (Å²) in [5.74, 6) is 0. The van der Waals surface area contributed by atoms with E-state index in [0.29, 0.717) is 5.41 Å². The van der Waals surface area contributed by atoms with Crippen LogP contribution >= 0.6 is 0 Å². The summed E-state index contributed by atoms with van der Waals surface area (Å²) >= 11 is 0. The van der Waals surface area contributed by atoms with Crippen molar-refractivity contribution in [1.82, 2.24) is 0 Å². The number of nitriles is 1. The SMILES string of the molecule is N#CC1(c2ccc(N)cc2)CC2(CCCCCC2)C1. The minimum absolute atomic E-state index is 0.238. The van der Waals surface area contributed by atoms with Gasteiger partial charge in [-0.25, -0.2) is 0 Å². The topological polar surface area (TPSA) is 49.8 Å². The van der Waals surface area contributed by atoms with Gasteiger partial charge in [0.2, 0.25) is 0 Å². The second kappa shape index (κ2) is 4.56. The number of nitrogens with two attached hydrogens (primary N) is 1. The fourth-order valence-corrected chi connectivity index (χ4v) is 4.21. The van der Waals surface area contributed by atoms with E-state index < -0.39 is 0 Å². The minimum Gasteiger partial charge on any atom is -0.399 e. The summed E-state index contributed by atoms with van der Waals surface area (Å²) in [6, 6.07) is 10.5. The molecular formula is C17H22N2. The molecule has 2 fully saturated rings. The summed E-state index contributed by atoms with van der Waals surface area (Å²) < 4.78 is 0. The van der Waals surface area contributed by atoms with Gasteiger partial charge in [0.25, 0.3) is 0 Å². The molecule has 0 atom stereocenters. The lowest BCUT2D eigenvalue weighted by molar-refractivity contribution is 0.0398. The van der Waals surface area contributed by atoms with Crippen LogP contribution in [0.25, 0.3) is 0 Å². The first-order valence-electron chi connectivity index (χ1n) is 7.45. The summed E-state index contributed by atoms with van der Waals surface area (Å²) in [4.78, 5) is 0. The number of nitrogen functional groups attached to an aromatic ring is 1. The fourth-order valence-electron chi connectivity index (χ4n) is 4.21. The van der Waals surface area contributed by atoms with Gasteiger partial charge in [-0.1, -0.05) is 37.8 Å². The first kappa shape index (κ1) is 12.5. The number of hydrogen-bond donors (Lipinski definition) is 1. The average molecular weight is 254 g/mol. The van der Waals surface area contributed by atoms with Crippen molar-refractivity contribution >= 4 is 5.69 Å². The zero-order chi connectivity index (χ0) is 13.3. The van der Waals surface area contributed by atoms with Gasteiger partial charge in [0, 0.05) is 5.69 Å². The highest BCUT2D eigenvalue weighted by molar-refractivity contribution is 5.45. The zero-order valence-electron chi connectivity index (χ0n) is 11.5. The predicted octanol–water partition coefficient (Wildman–Crippen LogP) is 4.16. The molecule has 2 N–H and O–H groups in total. The number of hydrogen-bond acceptors (Lipinski definition) is 2. The van der Waals surface area contributed by atoms with E-state index in [-0.39, 0.29) is 5.41 Å². The van der Waals surface area contributed by atoms with E-state index in [1.54, 1.807) is 0 Å². The number of nitrogens with zero attached hydrogens (tertiary/aromatic N) is 1. The van der Waals surface area contributed by atoms with Crippen molar-refractivity contribution < 1.29 is 0 Å². The number of benzene rings is 1. The molecule has 2 aliphatic rings. The van der Waals surface area contributed by atoms with E-state index in [1.165, 1.54) is 44.1 Å². The Kier molecular flexibility index (Phi) is 3.01. The summed E-state index contributed by atoms with van der Waals surface area (Å²) in [6.07, 6.45) is 10.2. The van der Waals surface area contributed by atoms with E-state index >= 15 is 0 Å². The quantitative estimate of drug-likeness (QED) is 0.765. The maximum Gasteiger partial charge on any atom is 0.0833 e. The Balaban J connectivity index is 1.81. The second-order valence-corrected chi connectivity index (χ2v) is 6.58. The summed E-state index contributed by atoms with van der Waals surface area (Å²) in [6.45, 7) is 0. The van der Waals surface area contributed by atoms with E-state index in [1.807, 2.05) is 24.3 Å². The van der Waals surface area contributed by atoms with Crippen LogP contribution in [-0.2, 0) is 5.41 Å². The monoisotopic (exact) mass is 254 g/mol. The van der Waals surface area contributed by atoms with Crippen molar-refractivity contribution in [3.63, 3.8) is 0 Å². The third-order valence-electron chi connectivity index (χ3n) is 5.20. The molecule has 0 amide bonds. The van der Waals surface area contributed by atoms with Crippen LogP contribution in [0.1, 0.15) is 56.9 Å². The first-order valence-corrected chi connectivity index (χ1v) is 7.45. The third-order valence-corrected chi connectivity index (χ3v) is 5.20. The van der Waals surface area contributed by atoms with Gasteiger partial charge in [-0.05, 0) is 48.8 Å². The maximum absolute atomic E-state index is 9.66. The largest absolute Gasteiger partial charge is 0.399 e. The molecule has 1 aromatic rings. The standard InChI is InChI=1S/C17H22N2/c18-13-17(14-5-7-15(19)8-6-14)11-16(12-17)9-3-1-2-4-10-16/h5-8H,1-4,9-12,19H2. The molecule has 0 aliphatic heterocycles. The Hall–Kier alpha value is -1.49. The normalized spacial score (nSPS) is 24.2. The molecule has 2 aliphatic carbocycles. The molecule has 0 radical (unpaired) electrons. The van der Waals surface area contributed by atoms with Crippen LogP contribution in [0.15, 0.2) is 24.3 Å². The molecule has 2 nitrogen and oxygen atoms in total. The first-order chi connectivity index (χ1) is 9.18. The zero-order valence-corrected chi connectivity index (χ0v) is 11.5. The van der Waals surface area contributed by atoms with Crippen LogP contribution in [-0.4, -0.2) is 0 Å². The van der Waals surface area contributed by atoms with Crippen molar-refractivity contribution in [1.29, 1.82) is 5.26 Å². The molecule has 0 unspecified atom stereocenters. The summed E-state index contributed by atoms with van der Waals surface area (Å²) in [5, 5.41) is 9.66. The Labute approximate surface area is 115 Å². The van der Waals surface area contributed by atoms with Crippen LogP contribution in [0, 0.1) is 16.7 Å². The molecule has 0 saturated heterocycles. The number of rotatable bonds is 1. The predicted molar refractivity (Wildman–Crippen MR) is 77.5 cm³/mol. The molecule has 0 bridgehead atoms. The Morgan fingerprint density at radius 1 is 0.947 bits per heavy atom.